The van der Waals surface area contributed by atoms with Crippen LogP contribution in [-0.4, -0.2) is 11.1 Å². The van der Waals surface area contributed by atoms with E-state index in [0.717, 1.165) is 43.6 Å². The Morgan fingerprint density at radius 3 is 2.48 bits per heavy atom. The molecule has 0 heterocycles. The zero-order valence-electron chi connectivity index (χ0n) is 15.8. The summed E-state index contributed by atoms with van der Waals surface area (Å²) in [6.45, 7) is 2.16. The van der Waals surface area contributed by atoms with Crippen LogP contribution in [0.15, 0.2) is 42.5 Å². The van der Waals surface area contributed by atoms with E-state index in [2.05, 4.69) is 19.1 Å². The largest absolute Gasteiger partial charge is 0.481 e. The van der Waals surface area contributed by atoms with Gasteiger partial charge in [0.2, 0.25) is 0 Å². The molecule has 0 bridgehead atoms. The smallest absolute Gasteiger partial charge is 0.314 e. The van der Waals surface area contributed by atoms with Crippen LogP contribution in [0.5, 0.6) is 0 Å². The first-order chi connectivity index (χ1) is 12.2. The lowest BCUT2D eigenvalue weighted by Gasteiger charge is -2.30. The molecule has 2 heteroatoms. The maximum Gasteiger partial charge on any atom is 0.314 e. The third-order valence-electron chi connectivity index (χ3n) is 5.79. The Hall–Kier alpha value is -1.57. The van der Waals surface area contributed by atoms with Crippen LogP contribution in [0.3, 0.4) is 0 Å². The van der Waals surface area contributed by atoms with Gasteiger partial charge >= 0.3 is 5.97 Å². The van der Waals surface area contributed by atoms with Crippen LogP contribution >= 0.6 is 0 Å². The second kappa shape index (κ2) is 10.4. The first-order valence-electron chi connectivity index (χ1n) is 10.1. The fourth-order valence-corrected chi connectivity index (χ4v) is 4.17. The summed E-state index contributed by atoms with van der Waals surface area (Å²) in [5, 5.41) is 10.1. The first-order valence-corrected chi connectivity index (χ1v) is 10.1. The third-order valence-corrected chi connectivity index (χ3v) is 5.79. The summed E-state index contributed by atoms with van der Waals surface area (Å²) in [7, 11) is 0. The van der Waals surface area contributed by atoms with Gasteiger partial charge in [0.25, 0.3) is 0 Å². The van der Waals surface area contributed by atoms with Crippen molar-refractivity contribution in [1.29, 1.82) is 0 Å². The highest BCUT2D eigenvalue weighted by Gasteiger charge is 2.38. The van der Waals surface area contributed by atoms with Gasteiger partial charge in [-0.05, 0) is 37.2 Å². The number of hydrogen-bond acceptors (Lipinski definition) is 1. The normalized spacial score (nSPS) is 17.8. The number of benzene rings is 1. The monoisotopic (exact) mass is 342 g/mol. The summed E-state index contributed by atoms with van der Waals surface area (Å²) >= 11 is 0. The molecular formula is C23H34O2. The predicted molar refractivity (Wildman–Crippen MR) is 105 cm³/mol. The van der Waals surface area contributed by atoms with Crippen LogP contribution in [0, 0.1) is 5.92 Å². The summed E-state index contributed by atoms with van der Waals surface area (Å²) in [5.41, 5.74) is 0.219. The molecule has 1 atom stereocenters. The minimum atomic E-state index is -0.742. The van der Waals surface area contributed by atoms with Gasteiger partial charge in [0.1, 0.15) is 0 Å². The zero-order valence-corrected chi connectivity index (χ0v) is 15.8. The van der Waals surface area contributed by atoms with Gasteiger partial charge < -0.3 is 5.11 Å². The molecule has 1 aromatic carbocycles. The fourth-order valence-electron chi connectivity index (χ4n) is 4.17. The lowest BCUT2D eigenvalue weighted by Crippen LogP contribution is -2.35. The Morgan fingerprint density at radius 2 is 1.84 bits per heavy atom. The van der Waals surface area contributed by atoms with Gasteiger partial charge in [-0.1, -0.05) is 94.4 Å². The van der Waals surface area contributed by atoms with Crippen molar-refractivity contribution in [2.24, 2.45) is 5.92 Å². The minimum Gasteiger partial charge on any atom is -0.481 e. The summed E-state index contributed by atoms with van der Waals surface area (Å²) in [5.74, 6) is 0.193. The molecular weight excluding hydrogens is 308 g/mol. The Labute approximate surface area is 153 Å². The molecule has 1 aliphatic rings. The number of rotatable bonds is 11. The van der Waals surface area contributed by atoms with Crippen molar-refractivity contribution in [2.45, 2.75) is 83.0 Å². The molecule has 1 saturated carbocycles. The average Bonchev–Trinajstić information content (AvgIpc) is 3.14. The van der Waals surface area contributed by atoms with E-state index in [1.165, 1.54) is 32.1 Å². The van der Waals surface area contributed by atoms with Gasteiger partial charge in [0.05, 0.1) is 5.41 Å². The molecule has 2 rings (SSSR count). The molecule has 138 valence electrons. The second-order valence-electron chi connectivity index (χ2n) is 7.61. The van der Waals surface area contributed by atoms with E-state index in [9.17, 15) is 9.90 Å². The van der Waals surface area contributed by atoms with Gasteiger partial charge in [-0.25, -0.2) is 0 Å². The first kappa shape index (κ1) is 19.8. The Morgan fingerprint density at radius 1 is 1.12 bits per heavy atom. The second-order valence-corrected chi connectivity index (χ2v) is 7.61. The maximum absolute atomic E-state index is 12.3. The quantitative estimate of drug-likeness (QED) is 0.368. The van der Waals surface area contributed by atoms with Crippen LogP contribution in [0.1, 0.15) is 83.1 Å². The summed E-state index contributed by atoms with van der Waals surface area (Å²) < 4.78 is 0. The summed E-state index contributed by atoms with van der Waals surface area (Å²) in [4.78, 5) is 12.3. The third kappa shape index (κ3) is 5.73. The van der Waals surface area contributed by atoms with Crippen molar-refractivity contribution in [3.8, 4) is 0 Å². The fraction of sp³-hybridized carbons (Fsp3) is 0.609. The summed E-state index contributed by atoms with van der Waals surface area (Å²) in [6, 6.07) is 9.86. The molecule has 0 amide bonds. The highest BCUT2D eigenvalue weighted by atomic mass is 16.4. The van der Waals surface area contributed by atoms with Crippen LogP contribution in [0.25, 0.3) is 0 Å². The number of carboxylic acids is 1. The van der Waals surface area contributed by atoms with Gasteiger partial charge in [-0.3, -0.25) is 4.79 Å². The number of carboxylic acid groups (broad SMARTS) is 1. The van der Waals surface area contributed by atoms with E-state index < -0.39 is 11.4 Å². The van der Waals surface area contributed by atoms with E-state index >= 15 is 0 Å². The van der Waals surface area contributed by atoms with E-state index in [4.69, 9.17) is 0 Å². The molecule has 1 N–H and O–H groups in total. The van der Waals surface area contributed by atoms with Crippen LogP contribution in [0.2, 0.25) is 0 Å². The number of carbonyl (C=O) groups is 1. The van der Waals surface area contributed by atoms with Crippen molar-refractivity contribution in [1.82, 2.24) is 0 Å². The van der Waals surface area contributed by atoms with Crippen molar-refractivity contribution < 1.29 is 9.90 Å². The van der Waals surface area contributed by atoms with Crippen LogP contribution < -0.4 is 0 Å². The Bertz CT molecular complexity index is 528. The highest BCUT2D eigenvalue weighted by Crippen LogP contribution is 2.36. The molecule has 0 aliphatic heterocycles. The standard InChI is InChI=1S/C23H34O2/c1-2-3-11-18-23(22(24)25,21-16-7-4-8-17-21)19-12-5-6-13-20-14-9-10-15-20/h4-8,16-17,20H,2-3,9-15,18-19H2,1H3,(H,24,25). The summed E-state index contributed by atoms with van der Waals surface area (Å²) in [6.07, 6.45) is 16.6. The number of allylic oxidation sites excluding steroid dienone is 2. The topological polar surface area (TPSA) is 37.3 Å². The average molecular weight is 343 g/mol. The lowest BCUT2D eigenvalue weighted by molar-refractivity contribution is -0.144. The van der Waals surface area contributed by atoms with Gasteiger partial charge in [-0.2, -0.15) is 0 Å². The molecule has 1 fully saturated rings. The maximum atomic E-state index is 12.3. The van der Waals surface area contributed by atoms with Crippen LogP contribution in [0.4, 0.5) is 0 Å². The predicted octanol–water partition coefficient (Wildman–Crippen LogP) is 6.51. The Kier molecular flexibility index (Phi) is 8.24. The van der Waals surface area contributed by atoms with Gasteiger partial charge in [0, 0.05) is 0 Å². The molecule has 0 aromatic heterocycles. The molecule has 1 aromatic rings. The van der Waals surface area contributed by atoms with Crippen molar-refractivity contribution >= 4 is 5.97 Å². The number of aliphatic carboxylic acids is 1. The van der Waals surface area contributed by atoms with E-state index in [0.29, 0.717) is 6.42 Å². The van der Waals surface area contributed by atoms with Crippen LogP contribution in [-0.2, 0) is 10.2 Å². The molecule has 0 saturated heterocycles. The number of hydrogen-bond donors (Lipinski definition) is 1. The molecule has 2 nitrogen and oxygen atoms in total. The van der Waals surface area contributed by atoms with Crippen molar-refractivity contribution in [3.63, 3.8) is 0 Å². The van der Waals surface area contributed by atoms with E-state index in [-0.39, 0.29) is 0 Å². The lowest BCUT2D eigenvalue weighted by atomic mass is 9.73. The highest BCUT2D eigenvalue weighted by molar-refractivity contribution is 5.81. The molecule has 0 radical (unpaired) electrons. The molecule has 1 unspecified atom stereocenters. The van der Waals surface area contributed by atoms with Gasteiger partial charge in [-0.15, -0.1) is 0 Å². The van der Waals surface area contributed by atoms with E-state index in [1.54, 1.807) is 0 Å². The van der Waals surface area contributed by atoms with E-state index in [1.807, 2.05) is 30.3 Å². The molecule has 1 aliphatic carbocycles. The Balaban J connectivity index is 2.01. The van der Waals surface area contributed by atoms with Crippen molar-refractivity contribution in [3.05, 3.63) is 48.0 Å². The molecule has 0 spiro atoms. The zero-order chi connectivity index (χ0) is 18.0. The SMILES string of the molecule is CCCCCC(CCC=CCC1CCCC1)(C(=O)O)c1ccccc1. The van der Waals surface area contributed by atoms with Crippen molar-refractivity contribution in [2.75, 3.05) is 0 Å². The number of unbranched alkanes of at least 4 members (excludes halogenated alkanes) is 2. The minimum absolute atomic E-state index is 0.668. The molecule has 25 heavy (non-hydrogen) atoms. The van der Waals surface area contributed by atoms with Gasteiger partial charge in [0.15, 0.2) is 0 Å².